The third kappa shape index (κ3) is 5.38. The van der Waals surface area contributed by atoms with Gasteiger partial charge in [-0.2, -0.15) is 5.26 Å². The summed E-state index contributed by atoms with van der Waals surface area (Å²) in [5.74, 6) is -5.11. The van der Waals surface area contributed by atoms with Gasteiger partial charge in [-0.25, -0.2) is 18.2 Å². The highest BCUT2D eigenvalue weighted by atomic mass is 35.5. The Balaban J connectivity index is 1.86. The van der Waals surface area contributed by atoms with Gasteiger partial charge in [0.1, 0.15) is 23.1 Å². The van der Waals surface area contributed by atoms with Crippen molar-refractivity contribution in [3.8, 4) is 6.07 Å². The predicted molar refractivity (Wildman–Crippen MR) is 174 cm³/mol. The lowest BCUT2D eigenvalue weighted by Crippen LogP contribution is -2.54. The first-order valence-corrected chi connectivity index (χ1v) is 15.7. The Bertz CT molecular complexity index is 1820. The molecule has 0 spiro atoms. The average molecular weight is 677 g/mol. The number of nitrogens with one attached hydrogen (secondary N) is 1. The normalized spacial score (nSPS) is 26.9. The maximum Gasteiger partial charge on any atom is 0.276 e. The number of nitriles is 1. The molecule has 0 bridgehead atoms. The van der Waals surface area contributed by atoms with E-state index in [2.05, 4.69) is 18.0 Å². The number of piperazine rings is 1. The van der Waals surface area contributed by atoms with Crippen LogP contribution in [0.1, 0.15) is 44.9 Å². The molecule has 0 aromatic carbocycles. The molecule has 6 atom stereocenters. The van der Waals surface area contributed by atoms with Crippen LogP contribution in [0.3, 0.4) is 0 Å². The number of hydrogen-bond donors (Lipinski definition) is 2. The van der Waals surface area contributed by atoms with Crippen LogP contribution < -0.4 is 21.5 Å². The lowest BCUT2D eigenvalue weighted by molar-refractivity contribution is -0.128. The molecular formula is C32H34Cl2F3N7O2. The number of dihydropyridines is 1. The van der Waals surface area contributed by atoms with Crippen LogP contribution in [0.15, 0.2) is 53.0 Å². The highest BCUT2D eigenvalue weighted by molar-refractivity contribution is 6.32. The van der Waals surface area contributed by atoms with Crippen LogP contribution in [-0.4, -0.2) is 69.7 Å². The summed E-state index contributed by atoms with van der Waals surface area (Å²) in [6.45, 7) is 11.9. The van der Waals surface area contributed by atoms with Crippen molar-refractivity contribution in [3.05, 3.63) is 74.9 Å². The van der Waals surface area contributed by atoms with Crippen LogP contribution in [0.4, 0.5) is 18.9 Å². The van der Waals surface area contributed by atoms with E-state index in [0.29, 0.717) is 11.3 Å². The molecule has 1 amide bonds. The molecule has 2 aliphatic heterocycles. The Morgan fingerprint density at radius 2 is 2.00 bits per heavy atom. The first-order chi connectivity index (χ1) is 21.7. The van der Waals surface area contributed by atoms with Crippen molar-refractivity contribution in [3.63, 3.8) is 0 Å². The number of pyridine rings is 2. The number of carbonyl (C=O) groups excluding carboxylic acids is 1. The Labute approximate surface area is 274 Å². The van der Waals surface area contributed by atoms with Crippen LogP contribution in [0.2, 0.25) is 5.02 Å². The summed E-state index contributed by atoms with van der Waals surface area (Å²) in [6.07, 6.45) is 2.30. The SMILES string of the molecule is C=CC(=O)N1CCN(c2c(C#N)c(=O)n(C3=C(C)C=CNC3C(C)C)c3nc(C4C(F)=C(F)C(F)C(Cl)C4N)c(Cl)cc23)C[C@H]1C. The van der Waals surface area contributed by atoms with Crippen molar-refractivity contribution in [1.82, 2.24) is 19.8 Å². The Kier molecular flexibility index (Phi) is 9.33. The van der Waals surface area contributed by atoms with Gasteiger partial charge >= 0.3 is 0 Å². The molecule has 9 nitrogen and oxygen atoms in total. The fourth-order valence-corrected chi connectivity index (χ4v) is 7.06. The monoisotopic (exact) mass is 675 g/mol. The van der Waals surface area contributed by atoms with E-state index < -0.39 is 46.8 Å². The van der Waals surface area contributed by atoms with Crippen molar-refractivity contribution >= 4 is 51.5 Å². The summed E-state index contributed by atoms with van der Waals surface area (Å²) in [7, 11) is 0. The van der Waals surface area contributed by atoms with Crippen LogP contribution in [0, 0.1) is 17.2 Å². The second-order valence-electron chi connectivity index (χ2n) is 12.1. The lowest BCUT2D eigenvalue weighted by atomic mass is 9.84. The number of allylic oxidation sites excluding steroid dienone is 3. The van der Waals surface area contributed by atoms with Crippen LogP contribution in [0.25, 0.3) is 16.7 Å². The second-order valence-corrected chi connectivity index (χ2v) is 13.0. The first kappa shape index (κ1) is 33.6. The number of aromatic nitrogens is 2. The average Bonchev–Trinajstić information content (AvgIpc) is 3.02. The van der Waals surface area contributed by atoms with Crippen molar-refractivity contribution < 1.29 is 18.0 Å². The Morgan fingerprint density at radius 3 is 2.61 bits per heavy atom. The van der Waals surface area contributed by atoms with E-state index in [1.807, 2.05) is 32.6 Å². The van der Waals surface area contributed by atoms with E-state index in [-0.39, 0.29) is 70.5 Å². The Morgan fingerprint density at radius 1 is 1.30 bits per heavy atom. The summed E-state index contributed by atoms with van der Waals surface area (Å²) < 4.78 is 45.9. The zero-order chi connectivity index (χ0) is 33.8. The largest absolute Gasteiger partial charge is 0.382 e. The number of hydrogen-bond acceptors (Lipinski definition) is 7. The van der Waals surface area contributed by atoms with Gasteiger partial charge in [-0.15, -0.1) is 11.6 Å². The van der Waals surface area contributed by atoms with Crippen molar-refractivity contribution in [2.24, 2.45) is 11.7 Å². The molecule has 3 N–H and O–H groups in total. The third-order valence-electron chi connectivity index (χ3n) is 8.90. The number of alkyl halides is 2. The lowest BCUT2D eigenvalue weighted by Gasteiger charge is -2.41. The highest BCUT2D eigenvalue weighted by Gasteiger charge is 2.46. The molecule has 1 saturated heterocycles. The van der Waals surface area contributed by atoms with Gasteiger partial charge in [-0.1, -0.05) is 32.0 Å². The van der Waals surface area contributed by atoms with E-state index >= 15 is 4.39 Å². The van der Waals surface area contributed by atoms with Crippen molar-refractivity contribution in [1.29, 1.82) is 5.26 Å². The molecule has 14 heteroatoms. The van der Waals surface area contributed by atoms with Gasteiger partial charge in [-0.05, 0) is 49.8 Å². The van der Waals surface area contributed by atoms with Gasteiger partial charge in [-0.3, -0.25) is 14.2 Å². The van der Waals surface area contributed by atoms with E-state index in [1.54, 1.807) is 17.2 Å². The minimum atomic E-state index is -2.46. The van der Waals surface area contributed by atoms with Crippen molar-refractivity contribution in [2.45, 2.75) is 63.3 Å². The third-order valence-corrected chi connectivity index (χ3v) is 9.72. The summed E-state index contributed by atoms with van der Waals surface area (Å²) in [5, 5.41) is 12.2. The number of nitrogens with zero attached hydrogens (tertiary/aromatic N) is 5. The summed E-state index contributed by atoms with van der Waals surface area (Å²) in [6, 6.07) is 1.36. The standard InChI is InChI=1S/C32H34Cl2F3N7O2/c1-6-20(45)43-10-9-42(13-16(43)5)30-17-11-19(33)28(21-23(35)25(37)24(36)22(34)26(21)39)41-31(17)44(32(46)18(30)12-38)29-15(4)7-8-40-27(29)14(2)3/h6-8,11,14,16,21-22,24,26-27,40H,1,9-10,13,39H2,2-5H3/t16-,21?,22?,24?,26?,27?/m1/s1. The maximum atomic E-state index is 15.4. The van der Waals surface area contributed by atoms with Gasteiger partial charge < -0.3 is 20.9 Å². The van der Waals surface area contributed by atoms with Gasteiger partial charge in [0.2, 0.25) is 5.91 Å². The van der Waals surface area contributed by atoms with Gasteiger partial charge in [0.15, 0.2) is 12.0 Å². The molecule has 3 aliphatic rings. The number of carbonyl (C=O) groups is 1. The molecule has 2 aromatic heterocycles. The molecule has 2 aromatic rings. The number of amides is 1. The highest BCUT2D eigenvalue weighted by Crippen LogP contribution is 2.45. The molecule has 4 heterocycles. The fraction of sp³-hybridized carbons (Fsp3) is 0.438. The number of rotatable bonds is 5. The molecule has 1 aliphatic carbocycles. The fourth-order valence-electron chi connectivity index (χ4n) is 6.54. The summed E-state index contributed by atoms with van der Waals surface area (Å²) >= 11 is 12.9. The molecule has 244 valence electrons. The minimum absolute atomic E-state index is 0.0154. The van der Waals surface area contributed by atoms with E-state index in [9.17, 15) is 23.6 Å². The molecule has 5 unspecified atom stereocenters. The predicted octanol–water partition coefficient (Wildman–Crippen LogP) is 5.04. The molecule has 5 rings (SSSR count). The van der Waals surface area contributed by atoms with E-state index in [1.165, 1.54) is 16.7 Å². The minimum Gasteiger partial charge on any atom is -0.382 e. The van der Waals surface area contributed by atoms with Crippen LogP contribution >= 0.6 is 23.2 Å². The zero-order valence-electron chi connectivity index (χ0n) is 25.7. The van der Waals surface area contributed by atoms with Crippen molar-refractivity contribution in [2.75, 3.05) is 24.5 Å². The van der Waals surface area contributed by atoms with Gasteiger partial charge in [0, 0.05) is 37.1 Å². The topological polar surface area (TPSA) is 120 Å². The molecular weight excluding hydrogens is 642 g/mol. The summed E-state index contributed by atoms with van der Waals surface area (Å²) in [5.41, 5.74) is 6.52. The number of fused-ring (bicyclic) bond motifs is 1. The first-order valence-electron chi connectivity index (χ1n) is 14.8. The second kappa shape index (κ2) is 12.8. The number of halogens is 5. The smallest absolute Gasteiger partial charge is 0.276 e. The van der Waals surface area contributed by atoms with Gasteiger partial charge in [0.25, 0.3) is 5.56 Å². The maximum absolute atomic E-state index is 15.4. The zero-order valence-corrected chi connectivity index (χ0v) is 27.2. The van der Waals surface area contributed by atoms with E-state index in [0.717, 1.165) is 0 Å². The quantitative estimate of drug-likeness (QED) is 0.337. The number of nitrogens with two attached hydrogens (primary N) is 1. The molecule has 1 fully saturated rings. The van der Waals surface area contributed by atoms with Gasteiger partial charge in [0.05, 0.1) is 39.4 Å². The Hall–Kier alpha value is -3.79. The number of anilines is 1. The molecule has 0 radical (unpaired) electrons. The van der Waals surface area contributed by atoms with Crippen LogP contribution in [-0.2, 0) is 4.79 Å². The van der Waals surface area contributed by atoms with E-state index in [4.69, 9.17) is 33.9 Å². The summed E-state index contributed by atoms with van der Waals surface area (Å²) in [4.78, 5) is 35.1. The molecule has 0 saturated carbocycles. The van der Waals surface area contributed by atoms with Crippen LogP contribution in [0.5, 0.6) is 0 Å². The molecule has 46 heavy (non-hydrogen) atoms.